The van der Waals surface area contributed by atoms with E-state index in [1.165, 1.54) is 25.7 Å². The van der Waals surface area contributed by atoms with Crippen LogP contribution in [0.2, 0.25) is 0 Å². The van der Waals surface area contributed by atoms with Crippen molar-refractivity contribution in [3.8, 4) is 22.9 Å². The van der Waals surface area contributed by atoms with E-state index >= 15 is 0 Å². The summed E-state index contributed by atoms with van der Waals surface area (Å²) in [5.41, 5.74) is 6.81. The molecule has 0 N–H and O–H groups in total. The Morgan fingerprint density at radius 2 is 1.37 bits per heavy atom. The van der Waals surface area contributed by atoms with Crippen LogP contribution in [0.3, 0.4) is 0 Å². The van der Waals surface area contributed by atoms with Crippen molar-refractivity contribution in [3.63, 3.8) is 0 Å². The first kappa shape index (κ1) is 24.2. The van der Waals surface area contributed by atoms with Crippen molar-refractivity contribution in [1.82, 2.24) is 4.57 Å². The summed E-state index contributed by atoms with van der Waals surface area (Å²) in [6.45, 7) is 8.03. The average Bonchev–Trinajstić information content (AvgIpc) is 3.74. The van der Waals surface area contributed by atoms with Crippen molar-refractivity contribution >= 4 is 90.5 Å². The van der Waals surface area contributed by atoms with Crippen molar-refractivity contribution in [1.29, 1.82) is 5.26 Å². The third-order valence-corrected chi connectivity index (χ3v) is 10.9. The highest BCUT2D eigenvalue weighted by molar-refractivity contribution is 7.27. The predicted molar refractivity (Wildman–Crippen MR) is 183 cm³/mol. The van der Waals surface area contributed by atoms with Gasteiger partial charge < -0.3 is 4.57 Å². The molecule has 0 radical (unpaired) electrons. The molecule has 3 aromatic heterocycles. The van der Waals surface area contributed by atoms with Crippen LogP contribution in [-0.2, 0) is 0 Å². The molecule has 0 saturated carbocycles. The van der Waals surface area contributed by atoms with E-state index in [0.29, 0.717) is 11.3 Å². The van der Waals surface area contributed by atoms with Crippen LogP contribution < -0.4 is 0 Å². The first-order valence-electron chi connectivity index (χ1n) is 13.9. The number of para-hydroxylation sites is 1. The van der Waals surface area contributed by atoms with Crippen LogP contribution >= 0.6 is 22.7 Å². The summed E-state index contributed by atoms with van der Waals surface area (Å²) in [7, 11) is 0. The van der Waals surface area contributed by atoms with Crippen LogP contribution in [0, 0.1) is 17.9 Å². The molecule has 198 valence electrons. The lowest BCUT2D eigenvalue weighted by atomic mass is 9.97. The number of thiophene rings is 2. The molecule has 0 aliphatic carbocycles. The molecule has 5 heteroatoms. The normalized spacial score (nSPS) is 11.7. The Bertz CT molecular complexity index is 2710. The zero-order valence-electron chi connectivity index (χ0n) is 22.6. The summed E-state index contributed by atoms with van der Waals surface area (Å²) in [4.78, 5) is 3.96. The highest BCUT2D eigenvalue weighted by Gasteiger charge is 2.21. The van der Waals surface area contributed by atoms with Gasteiger partial charge in [-0.25, -0.2) is 4.85 Å². The first-order chi connectivity index (χ1) is 21.2. The molecule has 9 aromatic rings. The van der Waals surface area contributed by atoms with Crippen LogP contribution in [0.4, 0.5) is 5.69 Å². The minimum absolute atomic E-state index is 0.633. The van der Waals surface area contributed by atoms with Gasteiger partial charge in [-0.1, -0.05) is 84.9 Å². The predicted octanol–water partition coefficient (Wildman–Crippen LogP) is 11.6. The van der Waals surface area contributed by atoms with Crippen LogP contribution in [0.25, 0.3) is 83.8 Å². The van der Waals surface area contributed by atoms with Crippen molar-refractivity contribution in [2.24, 2.45) is 0 Å². The van der Waals surface area contributed by atoms with E-state index in [0.717, 1.165) is 53.2 Å². The Labute approximate surface area is 254 Å². The molecular weight excluding hydrogens is 563 g/mol. The fraction of sp³-hybridized carbons (Fsp3) is 0. The molecule has 0 unspecified atom stereocenters. The third-order valence-electron chi connectivity index (χ3n) is 8.46. The molecule has 0 amide bonds. The molecule has 3 heterocycles. The quantitative estimate of drug-likeness (QED) is 0.187. The number of nitrogens with zero attached hydrogens (tertiary/aromatic N) is 3. The minimum Gasteiger partial charge on any atom is -0.308 e. The summed E-state index contributed by atoms with van der Waals surface area (Å²) in [6.07, 6.45) is 0. The molecule has 9 rings (SSSR count). The van der Waals surface area contributed by atoms with Gasteiger partial charge in [0.15, 0.2) is 0 Å². The molecule has 43 heavy (non-hydrogen) atoms. The second kappa shape index (κ2) is 9.02. The van der Waals surface area contributed by atoms with Crippen molar-refractivity contribution in [3.05, 3.63) is 132 Å². The lowest BCUT2D eigenvalue weighted by Gasteiger charge is -2.10. The number of hydrogen-bond acceptors (Lipinski definition) is 3. The standard InChI is InChI=1S/C38H19N3S2/c1-40-30-19-18-26(28-11-6-10-27-25-9-3-5-15-34(25)42-36(27)28)35-29-12-7-14-32(37(29)43-38(30)35)41-31-13-4-2-8-23(31)24-17-16-22(21-39)20-33(24)41/h2-20H. The SMILES string of the molecule is [C-]#[N+]c1ccc(-c2cccc3c2sc2ccccc23)c2c1sc1c(-n3c4ccccc4c4ccc(C#N)cc43)cccc12. The van der Waals surface area contributed by atoms with Gasteiger partial charge in [0.05, 0.1) is 39.6 Å². The number of nitriles is 1. The maximum absolute atomic E-state index is 9.73. The minimum atomic E-state index is 0.633. The number of aromatic nitrogens is 1. The highest BCUT2D eigenvalue weighted by Crippen LogP contribution is 2.49. The molecule has 0 spiro atoms. The van der Waals surface area contributed by atoms with Crippen molar-refractivity contribution < 1.29 is 0 Å². The van der Waals surface area contributed by atoms with Crippen molar-refractivity contribution in [2.75, 3.05) is 0 Å². The Morgan fingerprint density at radius 1 is 0.605 bits per heavy atom. The lowest BCUT2D eigenvalue weighted by molar-refractivity contribution is 1.20. The number of rotatable bonds is 2. The molecule has 0 aliphatic rings. The van der Waals surface area contributed by atoms with Gasteiger partial charge in [0.1, 0.15) is 0 Å². The van der Waals surface area contributed by atoms with Gasteiger partial charge in [0.2, 0.25) is 5.69 Å². The number of benzene rings is 6. The van der Waals surface area contributed by atoms with E-state index < -0.39 is 0 Å². The van der Waals surface area contributed by atoms with E-state index in [4.69, 9.17) is 6.57 Å². The summed E-state index contributed by atoms with van der Waals surface area (Å²) < 4.78 is 6.96. The van der Waals surface area contributed by atoms with Gasteiger partial charge in [-0.15, -0.1) is 22.7 Å². The Kier molecular flexibility index (Phi) is 5.07. The fourth-order valence-corrected chi connectivity index (χ4v) is 9.14. The van der Waals surface area contributed by atoms with Crippen LogP contribution in [0.1, 0.15) is 5.56 Å². The van der Waals surface area contributed by atoms with Gasteiger partial charge >= 0.3 is 0 Å². The van der Waals surface area contributed by atoms with E-state index in [-0.39, 0.29) is 0 Å². The molecule has 0 aliphatic heterocycles. The summed E-state index contributed by atoms with van der Waals surface area (Å²) >= 11 is 3.52. The molecule has 0 fully saturated rings. The number of fused-ring (bicyclic) bond motifs is 9. The maximum Gasteiger partial charge on any atom is 0.204 e. The zero-order valence-corrected chi connectivity index (χ0v) is 24.3. The molecule has 3 nitrogen and oxygen atoms in total. The topological polar surface area (TPSA) is 33.1 Å². The molecule has 0 saturated heterocycles. The molecular formula is C38H19N3S2. The average molecular weight is 582 g/mol. The first-order valence-corrected chi connectivity index (χ1v) is 15.6. The zero-order chi connectivity index (χ0) is 28.7. The van der Waals surface area contributed by atoms with E-state index in [9.17, 15) is 5.26 Å². The smallest absolute Gasteiger partial charge is 0.204 e. The van der Waals surface area contributed by atoms with E-state index in [1.807, 2.05) is 29.5 Å². The summed E-state index contributed by atoms with van der Waals surface area (Å²) in [5.74, 6) is 0. The van der Waals surface area contributed by atoms with Gasteiger partial charge in [0.25, 0.3) is 0 Å². The largest absolute Gasteiger partial charge is 0.308 e. The van der Waals surface area contributed by atoms with Crippen molar-refractivity contribution in [2.45, 2.75) is 0 Å². The Hall–Kier alpha value is -5.46. The summed E-state index contributed by atoms with van der Waals surface area (Å²) in [6, 6.07) is 42.4. The molecule has 0 bridgehead atoms. The molecule has 6 aromatic carbocycles. The second-order valence-corrected chi connectivity index (χ2v) is 12.8. The highest BCUT2D eigenvalue weighted by atomic mass is 32.1. The van der Waals surface area contributed by atoms with Gasteiger partial charge in [-0.05, 0) is 41.3 Å². The van der Waals surface area contributed by atoms with E-state index in [1.54, 1.807) is 11.3 Å². The number of hydrogen-bond donors (Lipinski definition) is 0. The van der Waals surface area contributed by atoms with E-state index in [2.05, 4.69) is 113 Å². The van der Waals surface area contributed by atoms with Gasteiger partial charge in [-0.3, -0.25) is 0 Å². The summed E-state index contributed by atoms with van der Waals surface area (Å²) in [5, 5.41) is 16.8. The Balaban J connectivity index is 1.41. The second-order valence-electron chi connectivity index (χ2n) is 10.7. The van der Waals surface area contributed by atoms with Gasteiger partial charge in [0, 0.05) is 46.6 Å². The lowest BCUT2D eigenvalue weighted by Crippen LogP contribution is -1.94. The monoisotopic (exact) mass is 581 g/mol. The molecule has 0 atom stereocenters. The van der Waals surface area contributed by atoms with Crippen LogP contribution in [0.15, 0.2) is 115 Å². The Morgan fingerprint density at radius 3 is 2.26 bits per heavy atom. The third kappa shape index (κ3) is 3.32. The maximum atomic E-state index is 9.73. The fourth-order valence-electron chi connectivity index (χ4n) is 6.62. The van der Waals surface area contributed by atoms with Crippen LogP contribution in [-0.4, -0.2) is 4.57 Å². The van der Waals surface area contributed by atoms with Crippen LogP contribution in [0.5, 0.6) is 0 Å². The van der Waals surface area contributed by atoms with Gasteiger partial charge in [-0.2, -0.15) is 5.26 Å².